The van der Waals surface area contributed by atoms with E-state index in [2.05, 4.69) is 15.3 Å². The number of rotatable bonds is 5. The van der Waals surface area contributed by atoms with Crippen LogP contribution in [0.25, 0.3) is 0 Å². The zero-order valence-corrected chi connectivity index (χ0v) is 9.71. The molecule has 2 aromatic heterocycles. The van der Waals surface area contributed by atoms with Crippen molar-refractivity contribution in [2.45, 2.75) is 6.42 Å². The summed E-state index contributed by atoms with van der Waals surface area (Å²) in [7, 11) is 0. The van der Waals surface area contributed by atoms with Crippen molar-refractivity contribution < 1.29 is 9.90 Å². The first kappa shape index (κ1) is 12.0. The van der Waals surface area contributed by atoms with Crippen LogP contribution in [0.4, 0.5) is 5.82 Å². The highest BCUT2D eigenvalue weighted by Gasteiger charge is 2.09. The summed E-state index contributed by atoms with van der Waals surface area (Å²) < 4.78 is 0. The standard InChI is InChI=1S/C13H13N3O2/c17-13(18)11-4-2-7-15-12(11)16-8-5-10-3-1-6-14-9-10/h1-4,6-7,9H,5,8H2,(H,15,16)(H,17,18). The van der Waals surface area contributed by atoms with E-state index in [-0.39, 0.29) is 5.56 Å². The summed E-state index contributed by atoms with van der Waals surface area (Å²) in [6.07, 6.45) is 5.85. The Kier molecular flexibility index (Phi) is 3.86. The highest BCUT2D eigenvalue weighted by Crippen LogP contribution is 2.11. The number of hydrogen-bond donors (Lipinski definition) is 2. The van der Waals surface area contributed by atoms with E-state index in [1.54, 1.807) is 24.7 Å². The molecule has 0 aliphatic rings. The molecule has 0 bridgehead atoms. The number of anilines is 1. The molecule has 2 heterocycles. The third kappa shape index (κ3) is 3.04. The molecule has 18 heavy (non-hydrogen) atoms. The Bertz CT molecular complexity index is 529. The Labute approximate surface area is 105 Å². The van der Waals surface area contributed by atoms with Gasteiger partial charge in [0.15, 0.2) is 0 Å². The lowest BCUT2D eigenvalue weighted by Gasteiger charge is -2.07. The van der Waals surface area contributed by atoms with Crippen LogP contribution in [0.5, 0.6) is 0 Å². The van der Waals surface area contributed by atoms with E-state index in [9.17, 15) is 4.79 Å². The third-order valence-corrected chi connectivity index (χ3v) is 2.47. The molecular formula is C13H13N3O2. The highest BCUT2D eigenvalue weighted by molar-refractivity contribution is 5.92. The van der Waals surface area contributed by atoms with Crippen LogP contribution in [-0.2, 0) is 6.42 Å². The van der Waals surface area contributed by atoms with Gasteiger partial charge in [0.1, 0.15) is 11.4 Å². The van der Waals surface area contributed by atoms with Gasteiger partial charge in [0.25, 0.3) is 0 Å². The number of carboxylic acids is 1. The van der Waals surface area contributed by atoms with Crippen molar-refractivity contribution in [3.63, 3.8) is 0 Å². The van der Waals surface area contributed by atoms with E-state index in [1.807, 2.05) is 12.1 Å². The monoisotopic (exact) mass is 243 g/mol. The van der Waals surface area contributed by atoms with Gasteiger partial charge in [-0.1, -0.05) is 6.07 Å². The van der Waals surface area contributed by atoms with Gasteiger partial charge in [-0.05, 0) is 30.2 Å². The quantitative estimate of drug-likeness (QED) is 0.838. The molecule has 0 unspecified atom stereocenters. The van der Waals surface area contributed by atoms with E-state index in [0.29, 0.717) is 12.4 Å². The maximum Gasteiger partial charge on any atom is 0.339 e. The Morgan fingerprint density at radius 1 is 1.28 bits per heavy atom. The second kappa shape index (κ2) is 5.77. The molecule has 5 heteroatoms. The van der Waals surface area contributed by atoms with Crippen molar-refractivity contribution in [2.75, 3.05) is 11.9 Å². The van der Waals surface area contributed by atoms with E-state index < -0.39 is 5.97 Å². The largest absolute Gasteiger partial charge is 0.478 e. The van der Waals surface area contributed by atoms with Crippen molar-refractivity contribution >= 4 is 11.8 Å². The number of aromatic nitrogens is 2. The Morgan fingerprint density at radius 3 is 2.83 bits per heavy atom. The molecule has 0 spiro atoms. The summed E-state index contributed by atoms with van der Waals surface area (Å²) in [6, 6.07) is 6.99. The fourth-order valence-electron chi connectivity index (χ4n) is 1.59. The SMILES string of the molecule is O=C(O)c1cccnc1NCCc1cccnc1. The summed E-state index contributed by atoms with van der Waals surface area (Å²) in [5.41, 5.74) is 1.28. The van der Waals surface area contributed by atoms with Crippen LogP contribution >= 0.6 is 0 Å². The average molecular weight is 243 g/mol. The molecule has 92 valence electrons. The first-order chi connectivity index (χ1) is 8.77. The molecule has 0 atom stereocenters. The summed E-state index contributed by atoms with van der Waals surface area (Å²) in [5, 5.41) is 12.0. The summed E-state index contributed by atoms with van der Waals surface area (Å²) in [6.45, 7) is 0.614. The highest BCUT2D eigenvalue weighted by atomic mass is 16.4. The minimum atomic E-state index is -0.980. The molecule has 2 N–H and O–H groups in total. The average Bonchev–Trinajstić information content (AvgIpc) is 2.40. The normalized spacial score (nSPS) is 10.0. The van der Waals surface area contributed by atoms with Crippen molar-refractivity contribution in [3.05, 3.63) is 54.0 Å². The molecule has 0 radical (unpaired) electrons. The Balaban J connectivity index is 1.97. The number of carbonyl (C=O) groups is 1. The summed E-state index contributed by atoms with van der Waals surface area (Å²) >= 11 is 0. The minimum absolute atomic E-state index is 0.184. The molecule has 2 rings (SSSR count). The number of carboxylic acid groups (broad SMARTS) is 1. The van der Waals surface area contributed by atoms with Crippen molar-refractivity contribution in [1.29, 1.82) is 0 Å². The summed E-state index contributed by atoms with van der Waals surface area (Å²) in [5.74, 6) is -0.583. The van der Waals surface area contributed by atoms with Gasteiger partial charge < -0.3 is 10.4 Å². The second-order valence-corrected chi connectivity index (χ2v) is 3.74. The van der Waals surface area contributed by atoms with E-state index in [1.165, 1.54) is 6.07 Å². The van der Waals surface area contributed by atoms with Crippen LogP contribution in [0.3, 0.4) is 0 Å². The van der Waals surface area contributed by atoms with Gasteiger partial charge in [0.05, 0.1) is 0 Å². The maximum atomic E-state index is 11.0. The fourth-order valence-corrected chi connectivity index (χ4v) is 1.59. The molecule has 0 aliphatic carbocycles. The number of nitrogens with one attached hydrogen (secondary N) is 1. The van der Waals surface area contributed by atoms with Gasteiger partial charge in [-0.25, -0.2) is 9.78 Å². The Hall–Kier alpha value is -2.43. The molecule has 0 amide bonds. The van der Waals surface area contributed by atoms with Crippen molar-refractivity contribution in [2.24, 2.45) is 0 Å². The maximum absolute atomic E-state index is 11.0. The second-order valence-electron chi connectivity index (χ2n) is 3.74. The van der Waals surface area contributed by atoms with Crippen LogP contribution in [0.15, 0.2) is 42.9 Å². The third-order valence-electron chi connectivity index (χ3n) is 2.47. The number of nitrogens with zero attached hydrogens (tertiary/aromatic N) is 2. The van der Waals surface area contributed by atoms with Crippen LogP contribution in [0.1, 0.15) is 15.9 Å². The van der Waals surface area contributed by atoms with E-state index in [0.717, 1.165) is 12.0 Å². The Morgan fingerprint density at radius 2 is 2.11 bits per heavy atom. The summed E-state index contributed by atoms with van der Waals surface area (Å²) in [4.78, 5) is 19.0. The number of pyridine rings is 2. The topological polar surface area (TPSA) is 75.1 Å². The predicted molar refractivity (Wildman–Crippen MR) is 67.6 cm³/mol. The molecule has 0 aromatic carbocycles. The van der Waals surface area contributed by atoms with Gasteiger partial charge in [-0.3, -0.25) is 4.98 Å². The predicted octanol–water partition coefficient (Wildman–Crippen LogP) is 1.83. The lowest BCUT2D eigenvalue weighted by atomic mass is 10.2. The van der Waals surface area contributed by atoms with Gasteiger partial charge in [-0.15, -0.1) is 0 Å². The van der Waals surface area contributed by atoms with Crippen LogP contribution in [-0.4, -0.2) is 27.6 Å². The van der Waals surface area contributed by atoms with Gasteiger partial charge in [0, 0.05) is 25.1 Å². The molecule has 0 saturated carbocycles. The van der Waals surface area contributed by atoms with E-state index >= 15 is 0 Å². The minimum Gasteiger partial charge on any atom is -0.478 e. The smallest absolute Gasteiger partial charge is 0.339 e. The molecule has 0 fully saturated rings. The lowest BCUT2D eigenvalue weighted by Crippen LogP contribution is -2.11. The zero-order chi connectivity index (χ0) is 12.8. The van der Waals surface area contributed by atoms with Crippen LogP contribution in [0.2, 0.25) is 0 Å². The van der Waals surface area contributed by atoms with Crippen molar-refractivity contribution in [1.82, 2.24) is 9.97 Å². The molecule has 2 aromatic rings. The lowest BCUT2D eigenvalue weighted by molar-refractivity contribution is 0.0697. The van der Waals surface area contributed by atoms with Crippen molar-refractivity contribution in [3.8, 4) is 0 Å². The van der Waals surface area contributed by atoms with Gasteiger partial charge in [0.2, 0.25) is 0 Å². The van der Waals surface area contributed by atoms with E-state index in [4.69, 9.17) is 5.11 Å². The molecule has 5 nitrogen and oxygen atoms in total. The van der Waals surface area contributed by atoms with Gasteiger partial charge in [-0.2, -0.15) is 0 Å². The number of aromatic carboxylic acids is 1. The first-order valence-corrected chi connectivity index (χ1v) is 5.58. The zero-order valence-electron chi connectivity index (χ0n) is 9.71. The first-order valence-electron chi connectivity index (χ1n) is 5.58. The van der Waals surface area contributed by atoms with Crippen LogP contribution < -0.4 is 5.32 Å². The molecule has 0 saturated heterocycles. The van der Waals surface area contributed by atoms with Gasteiger partial charge >= 0.3 is 5.97 Å². The number of hydrogen-bond acceptors (Lipinski definition) is 4. The fraction of sp³-hybridized carbons (Fsp3) is 0.154. The molecular weight excluding hydrogens is 230 g/mol. The van der Waals surface area contributed by atoms with Crippen LogP contribution in [0, 0.1) is 0 Å². The molecule has 0 aliphatic heterocycles.